The molecule has 0 saturated carbocycles. The van der Waals surface area contributed by atoms with Crippen molar-refractivity contribution in [1.82, 2.24) is 42.5 Å². The lowest BCUT2D eigenvalue weighted by Crippen LogP contribution is -2.61. The van der Waals surface area contributed by atoms with Gasteiger partial charge in [-0.3, -0.25) is 47.9 Å². The van der Waals surface area contributed by atoms with E-state index in [9.17, 15) is 73.2 Å². The number of aliphatic carboxylic acids is 3. The zero-order valence-corrected chi connectivity index (χ0v) is 36.8. The second kappa shape index (κ2) is 27.9. The fourth-order valence-electron chi connectivity index (χ4n) is 5.42. The molecular formula is C38H66N10O15. The van der Waals surface area contributed by atoms with E-state index in [4.69, 9.17) is 11.5 Å². The molecule has 0 fully saturated rings. The van der Waals surface area contributed by atoms with Gasteiger partial charge in [0.2, 0.25) is 47.3 Å². The Labute approximate surface area is 364 Å². The molecule has 0 saturated heterocycles. The van der Waals surface area contributed by atoms with E-state index in [0.29, 0.717) is 12.8 Å². The number of rotatable bonds is 29. The number of amides is 8. The van der Waals surface area contributed by atoms with Crippen LogP contribution in [0.5, 0.6) is 0 Å². The van der Waals surface area contributed by atoms with Gasteiger partial charge in [-0.15, -0.1) is 0 Å². The number of aliphatic hydroxyl groups is 1. The molecule has 10 atom stereocenters. The van der Waals surface area contributed by atoms with Gasteiger partial charge in [-0.25, -0.2) is 4.79 Å². The number of hydrogen-bond donors (Lipinski definition) is 14. The van der Waals surface area contributed by atoms with E-state index in [1.54, 1.807) is 27.7 Å². The van der Waals surface area contributed by atoms with E-state index in [-0.39, 0.29) is 18.9 Å². The molecule has 16 N–H and O–H groups in total. The SMILES string of the molecule is CC(C)[C@H](N)C(=O)N[C@@H](CC(=O)O)C(=O)N[C@@H](C)C(=O)N[C@@H](C)C(=O)N[C@H](C(=O)N[C@@H](C)C(=O)N[C@@H](CCC(=O)O)C(=O)N[C@@H](CCCCN)C(=O)N[C@H](C(=O)O)C(C)C)[C@@H](C)O. The maximum absolute atomic E-state index is 13.4. The number of carboxylic acid groups (broad SMARTS) is 3. The fraction of sp³-hybridized carbons (Fsp3) is 0.711. The molecule has 0 aromatic carbocycles. The highest BCUT2D eigenvalue weighted by Gasteiger charge is 2.35. The largest absolute Gasteiger partial charge is 0.481 e. The summed E-state index contributed by atoms with van der Waals surface area (Å²) in [6, 6.07) is -12.9. The van der Waals surface area contributed by atoms with Crippen LogP contribution < -0.4 is 54.0 Å². The van der Waals surface area contributed by atoms with Gasteiger partial charge in [0.15, 0.2) is 0 Å². The maximum Gasteiger partial charge on any atom is 0.326 e. The van der Waals surface area contributed by atoms with Crippen LogP contribution in [0.4, 0.5) is 0 Å². The summed E-state index contributed by atoms with van der Waals surface area (Å²) in [6.45, 7) is 11.3. The van der Waals surface area contributed by atoms with E-state index >= 15 is 0 Å². The Morgan fingerprint density at radius 1 is 0.460 bits per heavy atom. The lowest BCUT2D eigenvalue weighted by atomic mass is 10.0. The van der Waals surface area contributed by atoms with Crippen molar-refractivity contribution in [2.75, 3.05) is 6.54 Å². The van der Waals surface area contributed by atoms with Crippen molar-refractivity contribution in [1.29, 1.82) is 0 Å². The number of nitrogens with one attached hydrogen (secondary N) is 8. The monoisotopic (exact) mass is 902 g/mol. The van der Waals surface area contributed by atoms with Crippen LogP contribution in [-0.4, -0.2) is 153 Å². The summed E-state index contributed by atoms with van der Waals surface area (Å²) in [5, 5.41) is 56.8. The Morgan fingerprint density at radius 2 is 0.873 bits per heavy atom. The number of unbranched alkanes of at least 4 members (excludes halogenated alkanes) is 1. The van der Waals surface area contributed by atoms with Crippen molar-refractivity contribution in [2.24, 2.45) is 23.3 Å². The summed E-state index contributed by atoms with van der Waals surface area (Å²) in [6.07, 6.45) is -2.74. The average Bonchev–Trinajstić information content (AvgIpc) is 3.17. The van der Waals surface area contributed by atoms with Gasteiger partial charge in [0.05, 0.1) is 18.6 Å². The predicted molar refractivity (Wildman–Crippen MR) is 221 cm³/mol. The maximum atomic E-state index is 13.4. The molecular weight excluding hydrogens is 836 g/mol. The number of carboxylic acids is 3. The summed E-state index contributed by atoms with van der Waals surface area (Å²) in [4.78, 5) is 139. The van der Waals surface area contributed by atoms with Crippen LogP contribution >= 0.6 is 0 Å². The van der Waals surface area contributed by atoms with Gasteiger partial charge in [0.25, 0.3) is 0 Å². The van der Waals surface area contributed by atoms with Gasteiger partial charge >= 0.3 is 17.9 Å². The quantitative estimate of drug-likeness (QED) is 0.0315. The Bertz CT molecular complexity index is 1640. The summed E-state index contributed by atoms with van der Waals surface area (Å²) >= 11 is 0. The van der Waals surface area contributed by atoms with Gasteiger partial charge in [-0.1, -0.05) is 27.7 Å². The fourth-order valence-corrected chi connectivity index (χ4v) is 5.42. The second-order valence-electron chi connectivity index (χ2n) is 15.8. The number of carbonyl (C=O) groups is 11. The lowest BCUT2D eigenvalue weighted by molar-refractivity contribution is -0.143. The standard InChI is InChI=1S/C38H66N10O15/c1-16(2)27(40)36(60)46-24(15-26(52)53)35(59)42-18(5)30(54)41-20(7)32(56)48-29(21(8)49)37(61)43-19(6)31(55)44-23(12-13-25(50)51)33(57)45-22(11-9-10-14-39)34(58)47-28(17(3)4)38(62)63/h16-24,27-29,49H,9-15,39-40H2,1-8H3,(H,41,54)(H,42,59)(H,43,61)(H,44,55)(H,45,57)(H,46,60)(H,47,58)(H,48,56)(H,50,51)(H,52,53)(H,62,63)/t18-,19-,20-,21+,22-,23-,24-,27-,28-,29-/m0/s1. The molecule has 25 heteroatoms. The first-order valence-electron chi connectivity index (χ1n) is 20.4. The molecule has 0 aliphatic heterocycles. The first-order valence-corrected chi connectivity index (χ1v) is 20.4. The van der Waals surface area contributed by atoms with Crippen molar-refractivity contribution in [3.63, 3.8) is 0 Å². The molecule has 0 aromatic heterocycles. The van der Waals surface area contributed by atoms with Gasteiger partial charge < -0.3 is 74.4 Å². The third-order valence-corrected chi connectivity index (χ3v) is 9.44. The van der Waals surface area contributed by atoms with Crippen molar-refractivity contribution in [3.8, 4) is 0 Å². The molecule has 63 heavy (non-hydrogen) atoms. The van der Waals surface area contributed by atoms with Crippen LogP contribution in [-0.2, 0) is 52.7 Å². The molecule has 0 aliphatic carbocycles. The molecule has 0 aromatic rings. The van der Waals surface area contributed by atoms with Gasteiger partial charge in [-0.2, -0.15) is 0 Å². The van der Waals surface area contributed by atoms with Crippen molar-refractivity contribution in [2.45, 2.75) is 154 Å². The first kappa shape index (κ1) is 57.1. The summed E-state index contributed by atoms with van der Waals surface area (Å²) in [7, 11) is 0. The molecule has 0 unspecified atom stereocenters. The van der Waals surface area contributed by atoms with Crippen LogP contribution in [0.25, 0.3) is 0 Å². The predicted octanol–water partition coefficient (Wildman–Crippen LogP) is -4.50. The average molecular weight is 903 g/mol. The molecule has 0 aliphatic rings. The number of aliphatic hydroxyl groups excluding tert-OH is 1. The highest BCUT2D eigenvalue weighted by Crippen LogP contribution is 2.09. The minimum atomic E-state index is -1.74. The Balaban J connectivity index is 5.83. The molecule has 25 nitrogen and oxygen atoms in total. The van der Waals surface area contributed by atoms with Crippen molar-refractivity contribution in [3.05, 3.63) is 0 Å². The van der Waals surface area contributed by atoms with E-state index in [2.05, 4.69) is 42.5 Å². The molecule has 0 heterocycles. The van der Waals surface area contributed by atoms with Gasteiger partial charge in [-0.05, 0) is 71.8 Å². The van der Waals surface area contributed by atoms with E-state index in [1.807, 2.05) is 0 Å². The highest BCUT2D eigenvalue weighted by molar-refractivity contribution is 5.98. The summed E-state index contributed by atoms with van der Waals surface area (Å²) < 4.78 is 0. The van der Waals surface area contributed by atoms with E-state index in [1.165, 1.54) is 20.8 Å². The van der Waals surface area contributed by atoms with Crippen molar-refractivity contribution >= 4 is 65.2 Å². The van der Waals surface area contributed by atoms with Crippen LogP contribution in [0.2, 0.25) is 0 Å². The van der Waals surface area contributed by atoms with E-state index < -0.39 is 151 Å². The van der Waals surface area contributed by atoms with Crippen LogP contribution in [0, 0.1) is 11.8 Å². The third kappa shape index (κ3) is 21.1. The first-order chi connectivity index (χ1) is 29.1. The lowest BCUT2D eigenvalue weighted by Gasteiger charge is -2.27. The molecule has 8 amide bonds. The van der Waals surface area contributed by atoms with Gasteiger partial charge in [0, 0.05) is 6.42 Å². The Hall–Kier alpha value is -5.95. The number of nitrogens with two attached hydrogens (primary N) is 2. The minimum absolute atomic E-state index is 0.0140. The summed E-state index contributed by atoms with van der Waals surface area (Å²) in [5.41, 5.74) is 11.3. The molecule has 0 radical (unpaired) electrons. The normalized spacial score (nSPS) is 15.9. The smallest absolute Gasteiger partial charge is 0.326 e. The zero-order valence-electron chi connectivity index (χ0n) is 36.8. The minimum Gasteiger partial charge on any atom is -0.481 e. The molecule has 358 valence electrons. The van der Waals surface area contributed by atoms with Crippen molar-refractivity contribution < 1.29 is 73.2 Å². The molecule has 0 bridgehead atoms. The second-order valence-corrected chi connectivity index (χ2v) is 15.8. The Kier molecular flexibility index (Phi) is 25.2. The number of carbonyl (C=O) groups excluding carboxylic acids is 8. The van der Waals surface area contributed by atoms with Crippen LogP contribution in [0.3, 0.4) is 0 Å². The van der Waals surface area contributed by atoms with Gasteiger partial charge in [0.1, 0.15) is 48.3 Å². The summed E-state index contributed by atoms with van der Waals surface area (Å²) in [5.74, 6) is -12.7. The zero-order chi connectivity index (χ0) is 48.9. The molecule has 0 rings (SSSR count). The van der Waals surface area contributed by atoms with Crippen LogP contribution in [0.15, 0.2) is 0 Å². The topological polar surface area (TPSA) is 417 Å². The Morgan fingerprint density at radius 3 is 1.33 bits per heavy atom. The molecule has 0 spiro atoms. The van der Waals surface area contributed by atoms with E-state index in [0.717, 1.165) is 6.92 Å². The number of hydrogen-bond acceptors (Lipinski definition) is 14. The van der Waals surface area contributed by atoms with Crippen LogP contribution in [0.1, 0.15) is 93.9 Å². The highest BCUT2D eigenvalue weighted by atomic mass is 16.4. The third-order valence-electron chi connectivity index (χ3n) is 9.44.